The Morgan fingerprint density at radius 1 is 1.36 bits per heavy atom. The van der Waals surface area contributed by atoms with Gasteiger partial charge in [0.1, 0.15) is 10.5 Å². The number of pyridine rings is 1. The molecule has 2 heterocycles. The van der Waals surface area contributed by atoms with Crippen molar-refractivity contribution in [1.82, 2.24) is 14.8 Å². The van der Waals surface area contributed by atoms with Crippen molar-refractivity contribution in [2.75, 3.05) is 0 Å². The monoisotopic (exact) mass is 205 g/mol. The lowest BCUT2D eigenvalue weighted by molar-refractivity contribution is 0.814. The number of aromatic amines is 1. The second-order valence-electron chi connectivity index (χ2n) is 3.23. The topological polar surface area (TPSA) is 33.6 Å². The summed E-state index contributed by atoms with van der Waals surface area (Å²) in [6.07, 6.45) is 1.85. The molecule has 0 radical (unpaired) electrons. The van der Waals surface area contributed by atoms with Crippen LogP contribution in [-0.2, 0) is 0 Å². The number of nitrogens with zero attached hydrogens (tertiary/aromatic N) is 2. The molecule has 0 aliphatic carbocycles. The fourth-order valence-corrected chi connectivity index (χ4v) is 1.48. The number of hydrogen-bond acceptors (Lipinski definition) is 2. The summed E-state index contributed by atoms with van der Waals surface area (Å²) >= 11 is 5.05. The molecule has 0 unspecified atom stereocenters. The van der Waals surface area contributed by atoms with Crippen molar-refractivity contribution in [1.29, 1.82) is 0 Å². The Morgan fingerprint density at radius 2 is 2.14 bits per heavy atom. The fourth-order valence-electron chi connectivity index (χ4n) is 1.29. The van der Waals surface area contributed by atoms with E-state index in [9.17, 15) is 0 Å². The van der Waals surface area contributed by atoms with Gasteiger partial charge in [-0.15, -0.1) is 0 Å². The summed E-state index contributed by atoms with van der Waals surface area (Å²) in [5, 5.41) is 4.27. The standard InChI is InChI=1S/C10H11N3S/c1-7-6-11-13(8(7)2)9-4-3-5-10(14)12-9/h3-6H,1-2H3,(H,12,14). The predicted octanol–water partition coefficient (Wildman–Crippen LogP) is 2.55. The molecule has 4 heteroatoms. The van der Waals surface area contributed by atoms with E-state index in [4.69, 9.17) is 12.2 Å². The van der Waals surface area contributed by atoms with Crippen molar-refractivity contribution in [3.63, 3.8) is 0 Å². The van der Waals surface area contributed by atoms with Gasteiger partial charge in [-0.3, -0.25) is 0 Å². The van der Waals surface area contributed by atoms with E-state index in [2.05, 4.69) is 10.1 Å². The Kier molecular flexibility index (Phi) is 2.21. The van der Waals surface area contributed by atoms with Crippen LogP contribution in [0.25, 0.3) is 5.82 Å². The van der Waals surface area contributed by atoms with Gasteiger partial charge in [0.25, 0.3) is 0 Å². The molecular weight excluding hydrogens is 194 g/mol. The summed E-state index contributed by atoms with van der Waals surface area (Å²) in [6, 6.07) is 5.73. The van der Waals surface area contributed by atoms with Crippen molar-refractivity contribution in [2.24, 2.45) is 0 Å². The summed E-state index contributed by atoms with van der Waals surface area (Å²) in [5.41, 5.74) is 2.30. The van der Waals surface area contributed by atoms with E-state index in [1.165, 1.54) is 5.56 Å². The van der Waals surface area contributed by atoms with Crippen LogP contribution in [0.4, 0.5) is 0 Å². The number of H-pyrrole nitrogens is 1. The van der Waals surface area contributed by atoms with Crippen molar-refractivity contribution in [3.8, 4) is 5.82 Å². The molecule has 0 atom stereocenters. The molecule has 14 heavy (non-hydrogen) atoms. The summed E-state index contributed by atoms with van der Waals surface area (Å²) in [4.78, 5) is 3.09. The Hall–Kier alpha value is -1.42. The van der Waals surface area contributed by atoms with Crippen LogP contribution in [0, 0.1) is 18.5 Å². The maximum Gasteiger partial charge on any atom is 0.132 e. The largest absolute Gasteiger partial charge is 0.331 e. The zero-order valence-electron chi connectivity index (χ0n) is 8.11. The molecule has 0 aliphatic rings. The third-order valence-corrected chi connectivity index (χ3v) is 2.47. The number of aromatic nitrogens is 3. The van der Waals surface area contributed by atoms with E-state index < -0.39 is 0 Å². The molecular formula is C10H11N3S. The minimum absolute atomic E-state index is 0.718. The number of aryl methyl sites for hydroxylation is 1. The molecule has 0 saturated carbocycles. The summed E-state index contributed by atoms with van der Waals surface area (Å²) < 4.78 is 2.57. The average Bonchev–Trinajstić information content (AvgIpc) is 2.48. The second-order valence-corrected chi connectivity index (χ2v) is 3.66. The van der Waals surface area contributed by atoms with Gasteiger partial charge in [-0.1, -0.05) is 18.3 Å². The summed E-state index contributed by atoms with van der Waals surface area (Å²) in [6.45, 7) is 4.07. The van der Waals surface area contributed by atoms with E-state index in [0.29, 0.717) is 0 Å². The van der Waals surface area contributed by atoms with E-state index in [1.54, 1.807) is 0 Å². The van der Waals surface area contributed by atoms with Gasteiger partial charge in [0, 0.05) is 5.69 Å². The summed E-state index contributed by atoms with van der Waals surface area (Å²) in [7, 11) is 0. The van der Waals surface area contributed by atoms with Crippen LogP contribution in [-0.4, -0.2) is 14.8 Å². The maximum atomic E-state index is 5.05. The highest BCUT2D eigenvalue weighted by Gasteiger charge is 2.03. The van der Waals surface area contributed by atoms with Crippen LogP contribution in [0.2, 0.25) is 0 Å². The molecule has 0 amide bonds. The van der Waals surface area contributed by atoms with Gasteiger partial charge in [0.2, 0.25) is 0 Å². The smallest absolute Gasteiger partial charge is 0.132 e. The minimum Gasteiger partial charge on any atom is -0.331 e. The van der Waals surface area contributed by atoms with Gasteiger partial charge in [-0.2, -0.15) is 5.10 Å². The zero-order valence-corrected chi connectivity index (χ0v) is 8.93. The van der Waals surface area contributed by atoms with Gasteiger partial charge in [-0.25, -0.2) is 4.68 Å². The zero-order chi connectivity index (χ0) is 10.1. The molecule has 3 nitrogen and oxygen atoms in total. The molecule has 2 aromatic heterocycles. The first-order valence-electron chi connectivity index (χ1n) is 4.39. The highest BCUT2D eigenvalue weighted by Crippen LogP contribution is 2.10. The molecule has 0 spiro atoms. The first-order valence-corrected chi connectivity index (χ1v) is 4.80. The molecule has 0 fully saturated rings. The highest BCUT2D eigenvalue weighted by atomic mass is 32.1. The van der Waals surface area contributed by atoms with Crippen LogP contribution in [0.1, 0.15) is 11.3 Å². The maximum absolute atomic E-state index is 5.05. The third kappa shape index (κ3) is 1.48. The minimum atomic E-state index is 0.718. The Morgan fingerprint density at radius 3 is 2.71 bits per heavy atom. The Bertz CT molecular complexity index is 510. The van der Waals surface area contributed by atoms with E-state index >= 15 is 0 Å². The van der Waals surface area contributed by atoms with Crippen molar-refractivity contribution >= 4 is 12.2 Å². The van der Waals surface area contributed by atoms with Crippen molar-refractivity contribution in [3.05, 3.63) is 40.3 Å². The van der Waals surface area contributed by atoms with Crippen LogP contribution >= 0.6 is 12.2 Å². The van der Waals surface area contributed by atoms with Gasteiger partial charge in [-0.05, 0) is 31.5 Å². The summed E-state index contributed by atoms with van der Waals surface area (Å²) in [5.74, 6) is 0.906. The predicted molar refractivity (Wildman–Crippen MR) is 58.2 cm³/mol. The highest BCUT2D eigenvalue weighted by molar-refractivity contribution is 7.71. The fraction of sp³-hybridized carbons (Fsp3) is 0.200. The van der Waals surface area contributed by atoms with E-state index in [-0.39, 0.29) is 0 Å². The molecule has 0 bridgehead atoms. The lowest BCUT2D eigenvalue weighted by atomic mass is 10.3. The number of hydrogen-bond donors (Lipinski definition) is 1. The Balaban J connectivity index is 2.60. The van der Waals surface area contributed by atoms with Gasteiger partial charge >= 0.3 is 0 Å². The van der Waals surface area contributed by atoms with Gasteiger partial charge in [0.15, 0.2) is 0 Å². The van der Waals surface area contributed by atoms with Crippen LogP contribution < -0.4 is 0 Å². The first-order chi connectivity index (χ1) is 6.68. The van der Waals surface area contributed by atoms with Gasteiger partial charge < -0.3 is 4.98 Å². The number of nitrogens with one attached hydrogen (secondary N) is 1. The lowest BCUT2D eigenvalue weighted by Crippen LogP contribution is -2.01. The molecule has 0 aliphatic heterocycles. The quantitative estimate of drug-likeness (QED) is 0.726. The molecule has 1 N–H and O–H groups in total. The molecule has 72 valence electrons. The first kappa shape index (κ1) is 9.15. The SMILES string of the molecule is Cc1cnn(-c2cccc(=S)[nH]2)c1C. The van der Waals surface area contributed by atoms with Gasteiger partial charge in [0.05, 0.1) is 6.20 Å². The second kappa shape index (κ2) is 3.38. The molecule has 2 aromatic rings. The molecule has 0 saturated heterocycles. The van der Waals surface area contributed by atoms with Crippen LogP contribution in [0.5, 0.6) is 0 Å². The van der Waals surface area contributed by atoms with Crippen LogP contribution in [0.3, 0.4) is 0 Å². The molecule has 0 aromatic carbocycles. The third-order valence-electron chi connectivity index (χ3n) is 2.24. The number of rotatable bonds is 1. The average molecular weight is 205 g/mol. The van der Waals surface area contributed by atoms with Crippen molar-refractivity contribution in [2.45, 2.75) is 13.8 Å². The molecule has 2 rings (SSSR count). The van der Waals surface area contributed by atoms with E-state index in [0.717, 1.165) is 16.2 Å². The van der Waals surface area contributed by atoms with Crippen LogP contribution in [0.15, 0.2) is 24.4 Å². The Labute approximate surface area is 87.4 Å². The van der Waals surface area contributed by atoms with Crippen molar-refractivity contribution < 1.29 is 0 Å². The lowest BCUT2D eigenvalue weighted by Gasteiger charge is -2.03. The van der Waals surface area contributed by atoms with E-state index in [1.807, 2.05) is 42.9 Å². The normalized spacial score (nSPS) is 10.4.